The molecule has 2 rings (SSSR count). The lowest BCUT2D eigenvalue weighted by atomic mass is 9.96. The number of likely N-dealkylation sites (tertiary alicyclic amines) is 1. The summed E-state index contributed by atoms with van der Waals surface area (Å²) in [6.07, 6.45) is 0.838. The van der Waals surface area contributed by atoms with E-state index in [1.165, 1.54) is 7.11 Å². The number of amides is 2. The average Bonchev–Trinajstić information content (AvgIpc) is 2.50. The molecule has 1 fully saturated rings. The number of carbonyl (C=O) groups excluding carboxylic acids is 2. The van der Waals surface area contributed by atoms with Crippen LogP contribution in [-0.4, -0.2) is 37.1 Å². The molecular weight excluding hydrogens is 315 g/mol. The van der Waals surface area contributed by atoms with Crippen LogP contribution in [0.4, 0.5) is 10.5 Å². The van der Waals surface area contributed by atoms with Crippen molar-refractivity contribution in [2.45, 2.75) is 12.8 Å². The number of methoxy groups -OCH3 is 1. The fourth-order valence-corrected chi connectivity index (χ4v) is 2.62. The molecule has 0 spiro atoms. The van der Waals surface area contributed by atoms with E-state index in [1.807, 2.05) is 0 Å². The molecule has 0 radical (unpaired) electrons. The Balaban J connectivity index is 1.93. The highest BCUT2D eigenvalue weighted by molar-refractivity contribution is 6.35. The number of hydrogen-bond acceptors (Lipinski definition) is 3. The van der Waals surface area contributed by atoms with Crippen LogP contribution in [0.2, 0.25) is 10.0 Å². The van der Waals surface area contributed by atoms with Crippen LogP contribution in [0.1, 0.15) is 12.8 Å². The Morgan fingerprint density at radius 2 is 1.95 bits per heavy atom. The van der Waals surface area contributed by atoms with E-state index >= 15 is 0 Å². The number of nitrogens with zero attached hydrogens (tertiary/aromatic N) is 1. The van der Waals surface area contributed by atoms with Crippen molar-refractivity contribution in [2.24, 2.45) is 5.92 Å². The third-order valence-corrected chi connectivity index (χ3v) is 4.05. The Morgan fingerprint density at radius 3 is 2.57 bits per heavy atom. The van der Waals surface area contributed by atoms with Crippen LogP contribution in [0.3, 0.4) is 0 Å². The van der Waals surface area contributed by atoms with Crippen molar-refractivity contribution >= 4 is 40.9 Å². The average molecular weight is 331 g/mol. The molecule has 0 unspecified atom stereocenters. The van der Waals surface area contributed by atoms with Gasteiger partial charge in [0, 0.05) is 24.0 Å². The van der Waals surface area contributed by atoms with Gasteiger partial charge in [0.25, 0.3) is 0 Å². The smallest absolute Gasteiger partial charge is 0.409 e. The maximum atomic E-state index is 12.2. The third kappa shape index (κ3) is 4.02. The number of piperidine rings is 1. The van der Waals surface area contributed by atoms with Gasteiger partial charge in [-0.3, -0.25) is 4.79 Å². The Labute approximate surface area is 133 Å². The molecule has 0 atom stereocenters. The summed E-state index contributed by atoms with van der Waals surface area (Å²) in [6, 6.07) is 4.92. The van der Waals surface area contributed by atoms with Gasteiger partial charge in [-0.1, -0.05) is 23.2 Å². The summed E-state index contributed by atoms with van der Waals surface area (Å²) in [4.78, 5) is 25.2. The van der Waals surface area contributed by atoms with Gasteiger partial charge in [0.1, 0.15) is 0 Å². The topological polar surface area (TPSA) is 58.6 Å². The molecule has 2 amide bonds. The molecule has 21 heavy (non-hydrogen) atoms. The molecule has 1 aliphatic heterocycles. The van der Waals surface area contributed by atoms with E-state index in [4.69, 9.17) is 23.2 Å². The second-order valence-corrected chi connectivity index (χ2v) is 5.69. The zero-order valence-electron chi connectivity index (χ0n) is 11.6. The number of rotatable bonds is 2. The summed E-state index contributed by atoms with van der Waals surface area (Å²) in [5, 5.41) is 3.74. The van der Waals surface area contributed by atoms with E-state index in [2.05, 4.69) is 10.1 Å². The van der Waals surface area contributed by atoms with Crippen molar-refractivity contribution < 1.29 is 14.3 Å². The zero-order chi connectivity index (χ0) is 15.4. The van der Waals surface area contributed by atoms with Crippen LogP contribution >= 0.6 is 23.2 Å². The molecule has 0 aromatic heterocycles. The minimum absolute atomic E-state index is 0.108. The molecule has 0 aliphatic carbocycles. The van der Waals surface area contributed by atoms with Crippen LogP contribution in [0.5, 0.6) is 0 Å². The number of ether oxygens (including phenoxy) is 1. The molecule has 1 aromatic carbocycles. The van der Waals surface area contributed by atoms with Gasteiger partial charge in [0.2, 0.25) is 5.91 Å². The zero-order valence-corrected chi connectivity index (χ0v) is 13.1. The lowest BCUT2D eigenvalue weighted by molar-refractivity contribution is -0.121. The second kappa shape index (κ2) is 7.00. The monoisotopic (exact) mass is 330 g/mol. The standard InChI is InChI=1S/C14H16Cl2N2O3/c1-21-14(20)18-6-4-9(5-7-18)13(19)17-12-8-10(15)2-3-11(12)16/h2-3,8-9H,4-7H2,1H3,(H,17,19). The first-order chi connectivity index (χ1) is 10.0. The molecule has 1 heterocycles. The van der Waals surface area contributed by atoms with Crippen LogP contribution in [0, 0.1) is 5.92 Å². The minimum Gasteiger partial charge on any atom is -0.453 e. The largest absolute Gasteiger partial charge is 0.453 e. The van der Waals surface area contributed by atoms with Crippen LogP contribution < -0.4 is 5.32 Å². The van der Waals surface area contributed by atoms with Crippen molar-refractivity contribution in [3.8, 4) is 0 Å². The highest BCUT2D eigenvalue weighted by Gasteiger charge is 2.28. The summed E-state index contributed by atoms with van der Waals surface area (Å²) >= 11 is 11.9. The minimum atomic E-state index is -0.355. The van der Waals surface area contributed by atoms with Gasteiger partial charge in [-0.05, 0) is 31.0 Å². The summed E-state index contributed by atoms with van der Waals surface area (Å²) in [7, 11) is 1.35. The van der Waals surface area contributed by atoms with Crippen LogP contribution in [-0.2, 0) is 9.53 Å². The van der Waals surface area contributed by atoms with Gasteiger partial charge in [0.15, 0.2) is 0 Å². The molecule has 0 saturated carbocycles. The van der Waals surface area contributed by atoms with E-state index in [0.717, 1.165) is 0 Å². The Bertz CT molecular complexity index is 543. The molecule has 5 nitrogen and oxygen atoms in total. The van der Waals surface area contributed by atoms with Gasteiger partial charge in [0.05, 0.1) is 17.8 Å². The molecule has 1 N–H and O–H groups in total. The number of nitrogens with one attached hydrogen (secondary N) is 1. The van der Waals surface area contributed by atoms with Crippen molar-refractivity contribution in [2.75, 3.05) is 25.5 Å². The van der Waals surface area contributed by atoms with E-state index in [0.29, 0.717) is 41.7 Å². The van der Waals surface area contributed by atoms with Gasteiger partial charge >= 0.3 is 6.09 Å². The number of anilines is 1. The van der Waals surface area contributed by atoms with Gasteiger partial charge in [-0.15, -0.1) is 0 Å². The van der Waals surface area contributed by atoms with Crippen LogP contribution in [0.15, 0.2) is 18.2 Å². The molecule has 0 bridgehead atoms. The molecule has 114 valence electrons. The Hall–Kier alpha value is -1.46. The number of benzene rings is 1. The normalized spacial score (nSPS) is 15.7. The molecule has 1 aromatic rings. The van der Waals surface area contributed by atoms with Crippen molar-refractivity contribution in [3.63, 3.8) is 0 Å². The predicted molar refractivity (Wildman–Crippen MR) is 81.8 cm³/mol. The van der Waals surface area contributed by atoms with Gasteiger partial charge in [-0.2, -0.15) is 0 Å². The molecule has 7 heteroatoms. The lowest BCUT2D eigenvalue weighted by Gasteiger charge is -2.30. The summed E-state index contributed by atoms with van der Waals surface area (Å²) < 4.78 is 4.66. The first-order valence-electron chi connectivity index (χ1n) is 6.60. The second-order valence-electron chi connectivity index (χ2n) is 4.84. The SMILES string of the molecule is COC(=O)N1CCC(C(=O)Nc2cc(Cl)ccc2Cl)CC1. The number of carbonyl (C=O) groups is 2. The van der Waals surface area contributed by atoms with Crippen molar-refractivity contribution in [1.82, 2.24) is 4.90 Å². The highest BCUT2D eigenvalue weighted by atomic mass is 35.5. The van der Waals surface area contributed by atoms with Gasteiger partial charge < -0.3 is 15.0 Å². The maximum absolute atomic E-state index is 12.2. The fraction of sp³-hybridized carbons (Fsp3) is 0.429. The highest BCUT2D eigenvalue weighted by Crippen LogP contribution is 2.27. The van der Waals surface area contributed by atoms with Crippen LogP contribution in [0.25, 0.3) is 0 Å². The summed E-state index contributed by atoms with van der Waals surface area (Å²) in [5.41, 5.74) is 0.504. The lowest BCUT2D eigenvalue weighted by Crippen LogP contribution is -2.41. The Kier molecular flexibility index (Phi) is 5.31. The molecule has 1 aliphatic rings. The number of halogens is 2. The third-order valence-electron chi connectivity index (χ3n) is 3.48. The van der Waals surface area contributed by atoms with Crippen molar-refractivity contribution in [1.29, 1.82) is 0 Å². The summed E-state index contributed by atoms with van der Waals surface area (Å²) in [6.45, 7) is 1.02. The van der Waals surface area contributed by atoms with Gasteiger partial charge in [-0.25, -0.2) is 4.79 Å². The molecule has 1 saturated heterocycles. The quantitative estimate of drug-likeness (QED) is 0.903. The van der Waals surface area contributed by atoms with E-state index in [1.54, 1.807) is 23.1 Å². The fourth-order valence-electron chi connectivity index (χ4n) is 2.28. The first-order valence-corrected chi connectivity index (χ1v) is 7.35. The predicted octanol–water partition coefficient (Wildman–Crippen LogP) is 3.41. The summed E-state index contributed by atoms with van der Waals surface area (Å²) in [5.74, 6) is -0.260. The number of hydrogen-bond donors (Lipinski definition) is 1. The van der Waals surface area contributed by atoms with E-state index in [9.17, 15) is 9.59 Å². The molecular formula is C14H16Cl2N2O3. The van der Waals surface area contributed by atoms with E-state index < -0.39 is 0 Å². The first kappa shape index (κ1) is 15.9. The maximum Gasteiger partial charge on any atom is 0.409 e. The Morgan fingerprint density at radius 1 is 1.29 bits per heavy atom. The van der Waals surface area contributed by atoms with Crippen molar-refractivity contribution in [3.05, 3.63) is 28.2 Å². The van der Waals surface area contributed by atoms with E-state index in [-0.39, 0.29) is 17.9 Å².